The smallest absolute Gasteiger partial charge is 0.261 e. The normalized spacial score (nSPS) is 21.1. The van der Waals surface area contributed by atoms with Gasteiger partial charge in [-0.25, -0.2) is 4.98 Å². The molecule has 2 N–H and O–H groups in total. The number of anilines is 2. The van der Waals surface area contributed by atoms with Crippen LogP contribution in [0.25, 0.3) is 11.3 Å². The molecule has 1 atom stereocenters. The van der Waals surface area contributed by atoms with Gasteiger partial charge in [0.1, 0.15) is 11.2 Å². The van der Waals surface area contributed by atoms with Crippen molar-refractivity contribution < 1.29 is 14.3 Å². The van der Waals surface area contributed by atoms with E-state index < -0.39 is 5.60 Å². The Labute approximate surface area is 177 Å². The Morgan fingerprint density at radius 1 is 1.23 bits per heavy atom. The number of morpholine rings is 1. The lowest BCUT2D eigenvalue weighted by Crippen LogP contribution is -2.44. The monoisotopic (exact) mass is 411 g/mol. The van der Waals surface area contributed by atoms with Crippen LogP contribution < -0.4 is 15.4 Å². The molecule has 0 radical (unpaired) electrons. The molecule has 30 heavy (non-hydrogen) atoms. The number of nitrogens with zero attached hydrogens (tertiary/aromatic N) is 4. The van der Waals surface area contributed by atoms with Crippen molar-refractivity contribution in [1.82, 2.24) is 14.9 Å². The van der Waals surface area contributed by atoms with E-state index in [2.05, 4.69) is 11.8 Å². The fraction of sp³-hybridized carbons (Fsp3) is 0.500. The Hall–Kier alpha value is -2.87. The average Bonchev–Trinajstić information content (AvgIpc) is 2.81. The van der Waals surface area contributed by atoms with Crippen molar-refractivity contribution in [2.45, 2.75) is 39.3 Å². The van der Waals surface area contributed by atoms with E-state index in [0.717, 1.165) is 5.56 Å². The summed E-state index contributed by atoms with van der Waals surface area (Å²) in [7, 11) is 0. The standard InChI is InChI=1S/C22H29N5O3/c1-5-26-13-22(3,4)30-19-17(20(26)28)18(15-6-8-16(23)9-7-15)24-21(25-19)27-10-11-29-12-14(27)2/h6-9,14H,5,10-13,23H2,1-4H3/t14-/m0/s1. The number of nitrogen functional groups attached to an aromatic ring is 1. The highest BCUT2D eigenvalue weighted by Gasteiger charge is 2.37. The fourth-order valence-corrected chi connectivity index (χ4v) is 3.94. The second-order valence-electron chi connectivity index (χ2n) is 8.47. The van der Waals surface area contributed by atoms with Crippen molar-refractivity contribution >= 4 is 17.5 Å². The first-order valence-corrected chi connectivity index (χ1v) is 10.4. The van der Waals surface area contributed by atoms with Crippen LogP contribution in [0.2, 0.25) is 0 Å². The number of aromatic nitrogens is 2. The van der Waals surface area contributed by atoms with Crippen molar-refractivity contribution in [1.29, 1.82) is 0 Å². The molecule has 0 saturated carbocycles. The molecule has 8 nitrogen and oxygen atoms in total. The largest absolute Gasteiger partial charge is 0.469 e. The molecule has 2 aliphatic rings. The topological polar surface area (TPSA) is 93.8 Å². The van der Waals surface area contributed by atoms with E-state index in [1.165, 1.54) is 0 Å². The quantitative estimate of drug-likeness (QED) is 0.776. The summed E-state index contributed by atoms with van der Waals surface area (Å²) in [6.45, 7) is 10.9. The van der Waals surface area contributed by atoms with Crippen LogP contribution in [0.3, 0.4) is 0 Å². The van der Waals surface area contributed by atoms with Gasteiger partial charge in [0.2, 0.25) is 11.8 Å². The Bertz CT molecular complexity index is 945. The van der Waals surface area contributed by atoms with Crippen molar-refractivity contribution in [2.75, 3.05) is 43.5 Å². The van der Waals surface area contributed by atoms with Crippen molar-refractivity contribution in [3.8, 4) is 17.1 Å². The lowest BCUT2D eigenvalue weighted by Gasteiger charge is -2.34. The molecule has 1 saturated heterocycles. The molecule has 1 aromatic heterocycles. The molecule has 0 spiro atoms. The number of amides is 1. The number of likely N-dealkylation sites (N-methyl/N-ethyl adjacent to an activating group) is 1. The Morgan fingerprint density at radius 2 is 1.97 bits per heavy atom. The molecule has 1 amide bonds. The average molecular weight is 412 g/mol. The van der Waals surface area contributed by atoms with E-state index in [1.54, 1.807) is 4.90 Å². The van der Waals surface area contributed by atoms with Gasteiger partial charge in [0.15, 0.2) is 0 Å². The van der Waals surface area contributed by atoms with Gasteiger partial charge < -0.3 is 25.0 Å². The first-order chi connectivity index (χ1) is 14.3. The molecule has 4 rings (SSSR count). The Morgan fingerprint density at radius 3 is 2.63 bits per heavy atom. The predicted molar refractivity (Wildman–Crippen MR) is 116 cm³/mol. The molecule has 3 heterocycles. The number of carbonyl (C=O) groups is 1. The van der Waals surface area contributed by atoms with Gasteiger partial charge in [-0.2, -0.15) is 4.98 Å². The summed E-state index contributed by atoms with van der Waals surface area (Å²) in [5.41, 5.74) is 7.73. The SMILES string of the molecule is CCN1CC(C)(C)Oc2nc(N3CCOC[C@@H]3C)nc(-c3ccc(N)cc3)c2C1=O. The highest BCUT2D eigenvalue weighted by atomic mass is 16.5. The molecule has 2 aliphatic heterocycles. The number of benzene rings is 1. The molecule has 1 aromatic carbocycles. The van der Waals surface area contributed by atoms with Crippen LogP contribution in [-0.4, -0.2) is 65.3 Å². The van der Waals surface area contributed by atoms with E-state index in [4.69, 9.17) is 25.2 Å². The first kappa shape index (κ1) is 20.4. The van der Waals surface area contributed by atoms with Gasteiger partial charge in [-0.15, -0.1) is 0 Å². The summed E-state index contributed by atoms with van der Waals surface area (Å²) >= 11 is 0. The fourth-order valence-electron chi connectivity index (χ4n) is 3.94. The molecule has 2 aromatic rings. The summed E-state index contributed by atoms with van der Waals surface area (Å²) in [6, 6.07) is 7.50. The van der Waals surface area contributed by atoms with Crippen LogP contribution in [0, 0.1) is 0 Å². The number of hydrogen-bond donors (Lipinski definition) is 1. The van der Waals surface area contributed by atoms with Crippen molar-refractivity contribution in [3.63, 3.8) is 0 Å². The number of hydrogen-bond acceptors (Lipinski definition) is 7. The van der Waals surface area contributed by atoms with Crippen LogP contribution in [0.5, 0.6) is 5.88 Å². The minimum atomic E-state index is -0.572. The van der Waals surface area contributed by atoms with Crippen LogP contribution >= 0.6 is 0 Å². The second kappa shape index (κ2) is 7.75. The number of carbonyl (C=O) groups excluding carboxylic acids is 1. The Kier molecular flexibility index (Phi) is 5.27. The number of rotatable bonds is 3. The highest BCUT2D eigenvalue weighted by molar-refractivity contribution is 6.02. The third kappa shape index (κ3) is 3.79. The van der Waals surface area contributed by atoms with Gasteiger partial charge in [-0.05, 0) is 39.8 Å². The van der Waals surface area contributed by atoms with Crippen molar-refractivity contribution in [3.05, 3.63) is 29.8 Å². The van der Waals surface area contributed by atoms with Gasteiger partial charge in [-0.1, -0.05) is 12.1 Å². The third-order valence-electron chi connectivity index (χ3n) is 5.50. The maximum absolute atomic E-state index is 13.5. The highest BCUT2D eigenvalue weighted by Crippen LogP contribution is 2.36. The predicted octanol–water partition coefficient (Wildman–Crippen LogP) is 2.58. The van der Waals surface area contributed by atoms with Crippen LogP contribution in [0.1, 0.15) is 38.1 Å². The molecule has 0 unspecified atom stereocenters. The lowest BCUT2D eigenvalue weighted by molar-refractivity contribution is 0.0541. The van der Waals surface area contributed by atoms with Gasteiger partial charge in [0, 0.05) is 24.3 Å². The molecular formula is C22H29N5O3. The summed E-state index contributed by atoms with van der Waals surface area (Å²) in [5, 5.41) is 0. The molecule has 0 bridgehead atoms. The van der Waals surface area contributed by atoms with E-state index in [-0.39, 0.29) is 11.9 Å². The molecule has 0 aliphatic carbocycles. The molecule has 1 fully saturated rings. The molecule has 160 valence electrons. The van der Waals surface area contributed by atoms with Crippen LogP contribution in [0.15, 0.2) is 24.3 Å². The zero-order valence-electron chi connectivity index (χ0n) is 18.0. The maximum Gasteiger partial charge on any atom is 0.261 e. The minimum absolute atomic E-state index is 0.119. The lowest BCUT2D eigenvalue weighted by atomic mass is 10.0. The molecule has 8 heteroatoms. The first-order valence-electron chi connectivity index (χ1n) is 10.4. The van der Waals surface area contributed by atoms with Gasteiger partial charge in [0.25, 0.3) is 5.91 Å². The number of ether oxygens (including phenoxy) is 2. The van der Waals surface area contributed by atoms with E-state index in [0.29, 0.717) is 61.6 Å². The van der Waals surface area contributed by atoms with E-state index in [1.807, 2.05) is 45.0 Å². The van der Waals surface area contributed by atoms with E-state index in [9.17, 15) is 4.79 Å². The van der Waals surface area contributed by atoms with Gasteiger partial charge in [0.05, 0.1) is 31.5 Å². The van der Waals surface area contributed by atoms with Crippen LogP contribution in [-0.2, 0) is 4.74 Å². The summed E-state index contributed by atoms with van der Waals surface area (Å²) in [6.07, 6.45) is 0. The zero-order valence-corrected chi connectivity index (χ0v) is 18.0. The van der Waals surface area contributed by atoms with E-state index >= 15 is 0 Å². The summed E-state index contributed by atoms with van der Waals surface area (Å²) < 4.78 is 11.9. The van der Waals surface area contributed by atoms with Gasteiger partial charge >= 0.3 is 0 Å². The Balaban J connectivity index is 1.93. The number of fused-ring (bicyclic) bond motifs is 1. The number of nitrogens with two attached hydrogens (primary N) is 1. The summed E-state index contributed by atoms with van der Waals surface area (Å²) in [4.78, 5) is 27.0. The minimum Gasteiger partial charge on any atom is -0.469 e. The van der Waals surface area contributed by atoms with Crippen LogP contribution in [0.4, 0.5) is 11.6 Å². The maximum atomic E-state index is 13.5. The summed E-state index contributed by atoms with van der Waals surface area (Å²) in [5.74, 6) is 0.757. The second-order valence-corrected chi connectivity index (χ2v) is 8.47. The van der Waals surface area contributed by atoms with Gasteiger partial charge in [-0.3, -0.25) is 4.79 Å². The third-order valence-corrected chi connectivity index (χ3v) is 5.50. The zero-order chi connectivity index (χ0) is 21.5. The molecular weight excluding hydrogens is 382 g/mol. The van der Waals surface area contributed by atoms with Crippen molar-refractivity contribution in [2.24, 2.45) is 0 Å².